The van der Waals surface area contributed by atoms with Crippen molar-refractivity contribution in [2.24, 2.45) is 10.8 Å². The number of carbonyl (C=O) groups is 2. The minimum atomic E-state index is -0.847. The van der Waals surface area contributed by atoms with E-state index in [4.69, 9.17) is 0 Å². The van der Waals surface area contributed by atoms with Gasteiger partial charge in [0.2, 0.25) is 11.8 Å². The Morgan fingerprint density at radius 3 is 1.38 bits per heavy atom. The van der Waals surface area contributed by atoms with E-state index in [1.807, 2.05) is 24.3 Å². The van der Waals surface area contributed by atoms with E-state index in [-0.39, 0.29) is 22.6 Å². The second kappa shape index (κ2) is 4.11. The van der Waals surface area contributed by atoms with E-state index < -0.39 is 10.8 Å². The molecule has 3 aliphatic rings. The fraction of sp³-hybridized carbons (Fsp3) is 0.391. The summed E-state index contributed by atoms with van der Waals surface area (Å²) in [6.07, 6.45) is 0. The van der Waals surface area contributed by atoms with Gasteiger partial charge in [-0.3, -0.25) is 14.5 Å². The molecular formula is C23H23NO2. The Balaban J connectivity index is 2.07. The van der Waals surface area contributed by atoms with Crippen molar-refractivity contribution in [1.82, 2.24) is 4.90 Å². The van der Waals surface area contributed by atoms with Crippen LogP contribution in [0.25, 0.3) is 11.1 Å². The van der Waals surface area contributed by atoms with Gasteiger partial charge in [-0.2, -0.15) is 0 Å². The van der Waals surface area contributed by atoms with Gasteiger partial charge in [-0.05, 0) is 33.1 Å². The third-order valence-electron chi connectivity index (χ3n) is 8.20. The number of likely N-dealkylation sites (N-methyl/N-ethyl adjacent to an activating group) is 1. The van der Waals surface area contributed by atoms with Gasteiger partial charge in [0.25, 0.3) is 0 Å². The molecule has 2 fully saturated rings. The maximum absolute atomic E-state index is 13.7. The van der Waals surface area contributed by atoms with E-state index in [2.05, 4.69) is 52.0 Å². The van der Waals surface area contributed by atoms with Crippen molar-refractivity contribution in [2.45, 2.75) is 38.5 Å². The van der Waals surface area contributed by atoms with Gasteiger partial charge in [-0.25, -0.2) is 0 Å². The number of fused-ring (bicyclic) bond motifs is 3. The number of imide groups is 1. The first kappa shape index (κ1) is 15.8. The average Bonchev–Trinajstić information content (AvgIpc) is 2.81. The summed E-state index contributed by atoms with van der Waals surface area (Å²) in [6.45, 7) is 8.61. The number of benzene rings is 2. The highest BCUT2D eigenvalue weighted by molar-refractivity contribution is 6.21. The van der Waals surface area contributed by atoms with Crippen LogP contribution in [-0.4, -0.2) is 23.8 Å². The number of amides is 2. The first-order chi connectivity index (χ1) is 12.2. The number of rotatable bonds is 0. The predicted octanol–water partition coefficient (Wildman–Crippen LogP) is 3.91. The number of carbonyl (C=O) groups excluding carboxylic acids is 2. The van der Waals surface area contributed by atoms with Crippen LogP contribution in [0.1, 0.15) is 38.8 Å². The summed E-state index contributed by atoms with van der Waals surface area (Å²) in [7, 11) is 1.65. The first-order valence-corrected chi connectivity index (χ1v) is 9.21. The van der Waals surface area contributed by atoms with Crippen molar-refractivity contribution in [3.63, 3.8) is 0 Å². The molecule has 2 amide bonds. The van der Waals surface area contributed by atoms with Crippen LogP contribution in [0.5, 0.6) is 0 Å². The molecule has 3 heteroatoms. The molecule has 2 aromatic carbocycles. The van der Waals surface area contributed by atoms with Crippen LogP contribution in [0.2, 0.25) is 0 Å². The molecule has 0 aromatic heterocycles. The lowest BCUT2D eigenvalue weighted by Crippen LogP contribution is -2.82. The van der Waals surface area contributed by atoms with Gasteiger partial charge in [0.05, 0.1) is 10.8 Å². The molecule has 1 heterocycles. The Labute approximate surface area is 154 Å². The Morgan fingerprint density at radius 2 is 1.00 bits per heavy atom. The van der Waals surface area contributed by atoms with Crippen LogP contribution < -0.4 is 0 Å². The van der Waals surface area contributed by atoms with E-state index in [0.717, 1.165) is 22.3 Å². The summed E-state index contributed by atoms with van der Waals surface area (Å²) in [5.41, 5.74) is 1.76. The highest BCUT2D eigenvalue weighted by atomic mass is 16.2. The summed E-state index contributed by atoms with van der Waals surface area (Å²) >= 11 is 0. The Kier molecular flexibility index (Phi) is 2.50. The maximum Gasteiger partial charge on any atom is 0.241 e. The fourth-order valence-electron chi connectivity index (χ4n) is 6.66. The van der Waals surface area contributed by atoms with Crippen LogP contribution in [0.15, 0.2) is 48.5 Å². The summed E-state index contributed by atoms with van der Waals surface area (Å²) in [5, 5.41) is 0. The summed E-state index contributed by atoms with van der Waals surface area (Å²) in [5.74, 6) is -0.123. The predicted molar refractivity (Wildman–Crippen MR) is 101 cm³/mol. The van der Waals surface area contributed by atoms with Crippen molar-refractivity contribution in [3.05, 3.63) is 59.7 Å². The third-order valence-corrected chi connectivity index (χ3v) is 8.20. The molecule has 2 atom stereocenters. The van der Waals surface area contributed by atoms with Crippen LogP contribution >= 0.6 is 0 Å². The van der Waals surface area contributed by atoms with Gasteiger partial charge < -0.3 is 0 Å². The maximum atomic E-state index is 13.7. The minimum Gasteiger partial charge on any atom is -0.284 e. The lowest BCUT2D eigenvalue weighted by Gasteiger charge is -2.75. The molecule has 0 N–H and O–H groups in total. The first-order valence-electron chi connectivity index (χ1n) is 9.21. The van der Waals surface area contributed by atoms with Gasteiger partial charge in [-0.15, -0.1) is 0 Å². The van der Waals surface area contributed by atoms with E-state index in [1.165, 1.54) is 4.90 Å². The fourth-order valence-corrected chi connectivity index (χ4v) is 6.66. The number of nitrogens with zero attached hydrogens (tertiary/aromatic N) is 1. The number of hydrogen-bond acceptors (Lipinski definition) is 2. The summed E-state index contributed by atoms with van der Waals surface area (Å²) in [6, 6.07) is 16.3. The van der Waals surface area contributed by atoms with E-state index >= 15 is 0 Å². The molecule has 0 radical (unpaired) electrons. The summed E-state index contributed by atoms with van der Waals surface area (Å²) < 4.78 is 0. The molecule has 5 rings (SSSR count). The molecule has 26 heavy (non-hydrogen) atoms. The molecule has 0 bridgehead atoms. The lowest BCUT2D eigenvalue weighted by atomic mass is 9.23. The van der Waals surface area contributed by atoms with Crippen molar-refractivity contribution >= 4 is 11.8 Å². The molecule has 0 spiro atoms. The van der Waals surface area contributed by atoms with E-state index in [1.54, 1.807) is 7.05 Å². The SMILES string of the molecule is CN1C(=O)[C@@]23c4ccccc4-c4ccccc4[C@]2(C1=O)C(C)(C)C3(C)C. The van der Waals surface area contributed by atoms with Crippen molar-refractivity contribution in [1.29, 1.82) is 0 Å². The number of hydrogen-bond donors (Lipinski definition) is 0. The van der Waals surface area contributed by atoms with Gasteiger partial charge >= 0.3 is 0 Å². The van der Waals surface area contributed by atoms with E-state index in [0.29, 0.717) is 0 Å². The Hall–Kier alpha value is -2.42. The highest BCUT2D eigenvalue weighted by Gasteiger charge is 2.91. The zero-order chi connectivity index (χ0) is 18.7. The monoisotopic (exact) mass is 345 g/mol. The van der Waals surface area contributed by atoms with Gasteiger partial charge in [0.15, 0.2) is 0 Å². The zero-order valence-corrected chi connectivity index (χ0v) is 15.9. The average molecular weight is 345 g/mol. The van der Waals surface area contributed by atoms with Crippen LogP contribution in [0.4, 0.5) is 0 Å². The Bertz CT molecular complexity index is 937. The topological polar surface area (TPSA) is 37.4 Å². The highest BCUT2D eigenvalue weighted by Crippen LogP contribution is 2.83. The van der Waals surface area contributed by atoms with Gasteiger partial charge in [0.1, 0.15) is 0 Å². The van der Waals surface area contributed by atoms with Crippen molar-refractivity contribution in [2.75, 3.05) is 7.05 Å². The molecule has 1 saturated heterocycles. The second-order valence-corrected chi connectivity index (χ2v) is 9.01. The largest absolute Gasteiger partial charge is 0.284 e. The molecule has 0 unspecified atom stereocenters. The lowest BCUT2D eigenvalue weighted by molar-refractivity contribution is -0.203. The van der Waals surface area contributed by atoms with E-state index in [9.17, 15) is 9.59 Å². The normalized spacial score (nSPS) is 32.3. The minimum absolute atomic E-state index is 0.0613. The molecule has 132 valence electrons. The van der Waals surface area contributed by atoms with Gasteiger partial charge in [0, 0.05) is 7.05 Å². The molecule has 2 aromatic rings. The van der Waals surface area contributed by atoms with Crippen LogP contribution in [0.3, 0.4) is 0 Å². The zero-order valence-electron chi connectivity index (χ0n) is 15.9. The van der Waals surface area contributed by atoms with Crippen molar-refractivity contribution in [3.8, 4) is 11.1 Å². The quantitative estimate of drug-likeness (QED) is 0.679. The van der Waals surface area contributed by atoms with Crippen LogP contribution in [0, 0.1) is 10.8 Å². The number of likely N-dealkylation sites (tertiary alicyclic amines) is 1. The van der Waals surface area contributed by atoms with Gasteiger partial charge in [-0.1, -0.05) is 76.2 Å². The van der Waals surface area contributed by atoms with Crippen molar-refractivity contribution < 1.29 is 9.59 Å². The summed E-state index contributed by atoms with van der Waals surface area (Å²) in [4.78, 5) is 28.8. The van der Waals surface area contributed by atoms with Crippen LogP contribution in [-0.2, 0) is 20.4 Å². The third kappa shape index (κ3) is 1.09. The standard InChI is InChI=1S/C23H23NO2/c1-20(2)21(3,4)23-17-13-9-7-11-15(17)14-10-6-8-12-16(14)22(20,23)18(25)24(5)19(23)26/h6-13H,1-5H3/t22-,23+. The molecule has 1 saturated carbocycles. The molecule has 3 nitrogen and oxygen atoms in total. The molecule has 2 aliphatic carbocycles. The molecule has 1 aliphatic heterocycles. The second-order valence-electron chi connectivity index (χ2n) is 9.01. The Morgan fingerprint density at radius 1 is 0.654 bits per heavy atom. The molecular weight excluding hydrogens is 322 g/mol. The smallest absolute Gasteiger partial charge is 0.241 e.